The zero-order chi connectivity index (χ0) is 23.4. The molecule has 11 nitrogen and oxygen atoms in total. The number of nitrogens with two attached hydrogens (primary N) is 1. The van der Waals surface area contributed by atoms with Gasteiger partial charge in [0.05, 0.1) is 22.9 Å². The number of benzene rings is 2. The minimum atomic E-state index is -0.637. The second-order valence-corrected chi connectivity index (χ2v) is 7.26. The third-order valence-electron chi connectivity index (χ3n) is 4.35. The number of aromatic nitrogens is 5. The van der Waals surface area contributed by atoms with E-state index >= 15 is 0 Å². The lowest BCUT2D eigenvalue weighted by Gasteiger charge is -2.08. The number of nitrogen functional groups attached to an aromatic ring is 1. The molecule has 0 atom stereocenters. The lowest BCUT2D eigenvalue weighted by molar-refractivity contribution is 0.0950. The van der Waals surface area contributed by atoms with Crippen molar-refractivity contribution in [2.75, 3.05) is 12.3 Å². The fourth-order valence-corrected chi connectivity index (χ4v) is 3.27. The molecule has 168 valence electrons. The topological polar surface area (TPSA) is 146 Å². The highest BCUT2D eigenvalue weighted by Gasteiger charge is 2.25. The number of hydrazone groups is 1. The molecule has 0 radical (unpaired) electrons. The second-order valence-electron chi connectivity index (χ2n) is 6.47. The molecule has 2 heterocycles. The molecule has 0 aliphatic heterocycles. The third kappa shape index (κ3) is 4.64. The van der Waals surface area contributed by atoms with Crippen molar-refractivity contribution < 1.29 is 14.2 Å². The molecule has 0 unspecified atom stereocenters. The van der Waals surface area contributed by atoms with Gasteiger partial charge < -0.3 is 10.5 Å². The summed E-state index contributed by atoms with van der Waals surface area (Å²) in [5.74, 6) is 0.00623. The van der Waals surface area contributed by atoms with Crippen molar-refractivity contribution in [3.05, 3.63) is 63.8 Å². The molecule has 0 bridgehead atoms. The van der Waals surface area contributed by atoms with Gasteiger partial charge in [-0.2, -0.15) is 9.78 Å². The predicted molar refractivity (Wildman–Crippen MR) is 122 cm³/mol. The monoisotopic (exact) mass is 486 g/mol. The molecule has 0 fully saturated rings. The number of hydrogen-bond acceptors (Lipinski definition) is 9. The van der Waals surface area contributed by atoms with Crippen molar-refractivity contribution in [3.8, 4) is 22.8 Å². The predicted octanol–water partition coefficient (Wildman–Crippen LogP) is 3.37. The van der Waals surface area contributed by atoms with Crippen molar-refractivity contribution in [2.45, 2.75) is 6.92 Å². The van der Waals surface area contributed by atoms with E-state index in [-0.39, 0.29) is 23.0 Å². The summed E-state index contributed by atoms with van der Waals surface area (Å²) < 4.78 is 11.5. The molecule has 1 amide bonds. The van der Waals surface area contributed by atoms with Gasteiger partial charge >= 0.3 is 0 Å². The molecule has 0 spiro atoms. The number of nitrogens with zero attached hydrogens (tertiary/aromatic N) is 6. The Balaban J connectivity index is 1.71. The molecule has 2 aromatic carbocycles. The maximum atomic E-state index is 12.9. The Morgan fingerprint density at radius 3 is 2.85 bits per heavy atom. The third-order valence-corrected chi connectivity index (χ3v) is 5.18. The summed E-state index contributed by atoms with van der Waals surface area (Å²) in [5.41, 5.74) is 9.57. The van der Waals surface area contributed by atoms with E-state index < -0.39 is 5.91 Å². The highest BCUT2D eigenvalue weighted by Crippen LogP contribution is 2.29. The summed E-state index contributed by atoms with van der Waals surface area (Å²) in [5, 5.41) is 20.0. The van der Waals surface area contributed by atoms with Crippen LogP contribution in [-0.2, 0) is 0 Å². The number of halogens is 2. The number of amides is 1. The van der Waals surface area contributed by atoms with Crippen molar-refractivity contribution in [2.24, 2.45) is 5.10 Å². The average molecular weight is 487 g/mol. The Hall–Kier alpha value is -3.96. The van der Waals surface area contributed by atoms with Crippen LogP contribution < -0.4 is 15.9 Å². The van der Waals surface area contributed by atoms with Crippen LogP contribution in [0.25, 0.3) is 17.1 Å². The van der Waals surface area contributed by atoms with Crippen LogP contribution in [0.1, 0.15) is 23.0 Å². The summed E-state index contributed by atoms with van der Waals surface area (Å²) in [6, 6.07) is 12.1. The van der Waals surface area contributed by atoms with Crippen LogP contribution >= 0.6 is 23.2 Å². The lowest BCUT2D eigenvalue weighted by Crippen LogP contribution is -2.19. The standard InChI is InChI=1S/C20H16Cl2N8O3/c1-2-32-13-7-3-5-11(9-13)17-16(25-29-30(17)19-18(23)27-33-28-19)20(31)26-24-10-12-6-4-8-14(21)15(12)22/h3-10H,2H2,1H3,(H2,23,27)(H,26,31)/b24-10+. The molecular weight excluding hydrogens is 471 g/mol. The highest BCUT2D eigenvalue weighted by molar-refractivity contribution is 6.43. The first kappa shape index (κ1) is 22.2. The van der Waals surface area contributed by atoms with E-state index in [1.54, 1.807) is 42.5 Å². The number of ether oxygens (including phenoxy) is 1. The normalized spacial score (nSPS) is 11.1. The highest BCUT2D eigenvalue weighted by atomic mass is 35.5. The minimum Gasteiger partial charge on any atom is -0.494 e. The van der Waals surface area contributed by atoms with E-state index in [0.29, 0.717) is 33.5 Å². The van der Waals surface area contributed by atoms with Gasteiger partial charge in [0.25, 0.3) is 5.91 Å². The molecule has 0 aliphatic rings. The van der Waals surface area contributed by atoms with Crippen LogP contribution in [-0.4, -0.2) is 44.0 Å². The van der Waals surface area contributed by atoms with Gasteiger partial charge in [-0.3, -0.25) is 4.79 Å². The van der Waals surface area contributed by atoms with Crippen LogP contribution in [0, 0.1) is 0 Å². The summed E-state index contributed by atoms with van der Waals surface area (Å²) in [6.07, 6.45) is 1.37. The van der Waals surface area contributed by atoms with E-state index in [2.05, 4.69) is 35.8 Å². The van der Waals surface area contributed by atoms with Crippen molar-refractivity contribution in [1.82, 2.24) is 30.7 Å². The number of carbonyl (C=O) groups excluding carboxylic acids is 1. The van der Waals surface area contributed by atoms with Crippen LogP contribution in [0.2, 0.25) is 10.0 Å². The molecule has 0 saturated carbocycles. The lowest BCUT2D eigenvalue weighted by atomic mass is 10.1. The SMILES string of the molecule is CCOc1cccc(-c2c(C(=O)N/N=C/c3cccc(Cl)c3Cl)nnn2-c2nonc2N)c1. The summed E-state index contributed by atoms with van der Waals surface area (Å²) in [6.45, 7) is 2.33. The molecule has 3 N–H and O–H groups in total. The zero-order valence-corrected chi connectivity index (χ0v) is 18.6. The maximum Gasteiger partial charge on any atom is 0.294 e. The maximum absolute atomic E-state index is 12.9. The molecular formula is C20H16Cl2N8O3. The quantitative estimate of drug-likeness (QED) is 0.298. The van der Waals surface area contributed by atoms with Crippen molar-refractivity contribution >= 4 is 41.1 Å². The van der Waals surface area contributed by atoms with E-state index in [4.69, 9.17) is 33.7 Å². The van der Waals surface area contributed by atoms with E-state index in [0.717, 1.165) is 0 Å². The van der Waals surface area contributed by atoms with E-state index in [1.165, 1.54) is 10.9 Å². The number of hydrogen-bond donors (Lipinski definition) is 2. The largest absolute Gasteiger partial charge is 0.494 e. The molecule has 4 aromatic rings. The smallest absolute Gasteiger partial charge is 0.294 e. The van der Waals surface area contributed by atoms with Crippen molar-refractivity contribution in [3.63, 3.8) is 0 Å². The Morgan fingerprint density at radius 1 is 1.27 bits per heavy atom. The number of carbonyl (C=O) groups is 1. The molecule has 0 saturated heterocycles. The minimum absolute atomic E-state index is 0.0253. The zero-order valence-electron chi connectivity index (χ0n) is 17.1. The number of anilines is 1. The first-order valence-electron chi connectivity index (χ1n) is 9.54. The van der Waals surface area contributed by atoms with Gasteiger partial charge in [-0.1, -0.05) is 52.7 Å². The van der Waals surface area contributed by atoms with Gasteiger partial charge in [0.15, 0.2) is 5.69 Å². The number of rotatable bonds is 7. The molecule has 33 heavy (non-hydrogen) atoms. The van der Waals surface area contributed by atoms with Crippen LogP contribution in [0.5, 0.6) is 5.75 Å². The van der Waals surface area contributed by atoms with Gasteiger partial charge in [-0.05, 0) is 35.4 Å². The first-order valence-corrected chi connectivity index (χ1v) is 10.3. The number of nitrogens with one attached hydrogen (secondary N) is 1. The van der Waals surface area contributed by atoms with E-state index in [1.807, 2.05) is 6.92 Å². The van der Waals surface area contributed by atoms with Gasteiger partial charge in [-0.25, -0.2) is 10.1 Å². The molecule has 2 aromatic heterocycles. The Bertz CT molecular complexity index is 1330. The Morgan fingerprint density at radius 2 is 2.09 bits per heavy atom. The van der Waals surface area contributed by atoms with Crippen LogP contribution in [0.3, 0.4) is 0 Å². The van der Waals surface area contributed by atoms with Gasteiger partial charge in [0.1, 0.15) is 11.4 Å². The summed E-state index contributed by atoms with van der Waals surface area (Å²) in [7, 11) is 0. The van der Waals surface area contributed by atoms with Gasteiger partial charge in [0, 0.05) is 11.1 Å². The van der Waals surface area contributed by atoms with E-state index in [9.17, 15) is 4.79 Å². The Labute approximate surface area is 197 Å². The first-order chi connectivity index (χ1) is 16.0. The Kier molecular flexibility index (Phi) is 6.52. The van der Waals surface area contributed by atoms with Gasteiger partial charge in [-0.15, -0.1) is 5.10 Å². The molecule has 13 heteroatoms. The fourth-order valence-electron chi connectivity index (χ4n) is 2.91. The summed E-state index contributed by atoms with van der Waals surface area (Å²) in [4.78, 5) is 12.9. The molecule has 0 aliphatic carbocycles. The van der Waals surface area contributed by atoms with Crippen molar-refractivity contribution in [1.29, 1.82) is 0 Å². The fraction of sp³-hybridized carbons (Fsp3) is 0.100. The average Bonchev–Trinajstić information content (AvgIpc) is 3.43. The van der Waals surface area contributed by atoms with Crippen LogP contribution in [0.15, 0.2) is 52.2 Å². The van der Waals surface area contributed by atoms with Gasteiger partial charge in [0.2, 0.25) is 11.6 Å². The second kappa shape index (κ2) is 9.67. The summed E-state index contributed by atoms with van der Waals surface area (Å²) >= 11 is 12.1. The van der Waals surface area contributed by atoms with Crippen LogP contribution in [0.4, 0.5) is 5.82 Å². The molecule has 4 rings (SSSR count).